The van der Waals surface area contributed by atoms with Crippen molar-refractivity contribution in [3.8, 4) is 0 Å². The van der Waals surface area contributed by atoms with Gasteiger partial charge in [0.1, 0.15) is 11.4 Å². The Bertz CT molecular complexity index is 398. The molecule has 0 bridgehead atoms. The molecule has 1 aliphatic carbocycles. The molecule has 88 valence electrons. The van der Waals surface area contributed by atoms with Gasteiger partial charge in [-0.1, -0.05) is 0 Å². The van der Waals surface area contributed by atoms with Gasteiger partial charge in [0.25, 0.3) is 0 Å². The van der Waals surface area contributed by atoms with Crippen molar-refractivity contribution in [1.29, 1.82) is 0 Å². The predicted molar refractivity (Wildman–Crippen MR) is 59.3 cm³/mol. The normalized spacial score (nSPS) is 19.4. The Balaban J connectivity index is 2.18. The number of rotatable bonds is 5. The highest BCUT2D eigenvalue weighted by Crippen LogP contribution is 2.39. The molecule has 5 heteroatoms. The summed E-state index contributed by atoms with van der Waals surface area (Å²) in [5, 5.41) is 12.0. The Morgan fingerprint density at radius 1 is 1.75 bits per heavy atom. The minimum absolute atomic E-state index is 0.407. The summed E-state index contributed by atoms with van der Waals surface area (Å²) in [6.45, 7) is 2.09. The third kappa shape index (κ3) is 1.95. The smallest absolute Gasteiger partial charge is 0.325 e. The van der Waals surface area contributed by atoms with Gasteiger partial charge in [-0.15, -0.1) is 0 Å². The van der Waals surface area contributed by atoms with Crippen LogP contribution in [0.4, 0.5) is 0 Å². The molecule has 0 spiro atoms. The number of carboxylic acids is 1. The van der Waals surface area contributed by atoms with Crippen LogP contribution < -0.4 is 5.32 Å². The summed E-state index contributed by atoms with van der Waals surface area (Å²) < 4.78 is 1.95. The van der Waals surface area contributed by atoms with E-state index < -0.39 is 11.5 Å². The van der Waals surface area contributed by atoms with Crippen molar-refractivity contribution in [2.45, 2.75) is 37.8 Å². The maximum absolute atomic E-state index is 11.2. The lowest BCUT2D eigenvalue weighted by atomic mass is 10.0. The maximum Gasteiger partial charge on any atom is 0.325 e. The monoisotopic (exact) mass is 223 g/mol. The van der Waals surface area contributed by atoms with Crippen LogP contribution in [0.1, 0.15) is 31.5 Å². The van der Waals surface area contributed by atoms with Crippen molar-refractivity contribution in [2.24, 2.45) is 0 Å². The number of carboxylic acid groups (broad SMARTS) is 1. The van der Waals surface area contributed by atoms with Crippen LogP contribution >= 0.6 is 0 Å². The van der Waals surface area contributed by atoms with Gasteiger partial charge in [-0.3, -0.25) is 4.79 Å². The Labute approximate surface area is 94.5 Å². The largest absolute Gasteiger partial charge is 0.480 e. The standard InChI is InChI=1S/C11H17N3O2/c1-11(12-2,10(15)16)7-14-6-5-13-9(14)8-3-4-8/h5-6,8,12H,3-4,7H2,1-2H3,(H,15,16). The van der Waals surface area contributed by atoms with Crippen LogP contribution in [0.2, 0.25) is 0 Å². The molecule has 16 heavy (non-hydrogen) atoms. The minimum Gasteiger partial charge on any atom is -0.480 e. The molecule has 0 aliphatic heterocycles. The Morgan fingerprint density at radius 3 is 2.94 bits per heavy atom. The number of nitrogens with zero attached hydrogens (tertiary/aromatic N) is 2. The summed E-state index contributed by atoms with van der Waals surface area (Å²) in [5.74, 6) is 0.707. The first-order valence-electron chi connectivity index (χ1n) is 5.50. The van der Waals surface area contributed by atoms with E-state index in [0.717, 1.165) is 5.82 Å². The topological polar surface area (TPSA) is 67.2 Å². The van der Waals surface area contributed by atoms with Crippen molar-refractivity contribution < 1.29 is 9.90 Å². The van der Waals surface area contributed by atoms with Crippen LogP contribution in [0.25, 0.3) is 0 Å². The fraction of sp³-hybridized carbons (Fsp3) is 0.636. The number of imidazole rings is 1. The maximum atomic E-state index is 11.2. The van der Waals surface area contributed by atoms with E-state index in [2.05, 4.69) is 10.3 Å². The average Bonchev–Trinajstić information content (AvgIpc) is 3.00. The van der Waals surface area contributed by atoms with E-state index in [4.69, 9.17) is 0 Å². The van der Waals surface area contributed by atoms with Crippen LogP contribution in [0.5, 0.6) is 0 Å². The molecule has 1 aromatic rings. The molecule has 0 amide bonds. The Hall–Kier alpha value is -1.36. The van der Waals surface area contributed by atoms with Gasteiger partial charge >= 0.3 is 5.97 Å². The highest BCUT2D eigenvalue weighted by atomic mass is 16.4. The molecule has 1 unspecified atom stereocenters. The molecule has 1 atom stereocenters. The number of aliphatic carboxylic acids is 1. The van der Waals surface area contributed by atoms with E-state index in [9.17, 15) is 9.90 Å². The molecule has 5 nitrogen and oxygen atoms in total. The van der Waals surface area contributed by atoms with Crippen molar-refractivity contribution in [3.05, 3.63) is 18.2 Å². The summed E-state index contributed by atoms with van der Waals surface area (Å²) >= 11 is 0. The summed E-state index contributed by atoms with van der Waals surface area (Å²) in [4.78, 5) is 15.5. The van der Waals surface area contributed by atoms with Gasteiger partial charge in [0, 0.05) is 18.3 Å². The Kier molecular flexibility index (Phi) is 2.71. The first-order valence-corrected chi connectivity index (χ1v) is 5.50. The second kappa shape index (κ2) is 3.90. The fourth-order valence-electron chi connectivity index (χ4n) is 1.75. The van der Waals surface area contributed by atoms with Gasteiger partial charge in [0.2, 0.25) is 0 Å². The van der Waals surface area contributed by atoms with E-state index in [-0.39, 0.29) is 0 Å². The zero-order valence-electron chi connectivity index (χ0n) is 9.60. The third-order valence-corrected chi connectivity index (χ3v) is 3.20. The highest BCUT2D eigenvalue weighted by Gasteiger charge is 2.34. The lowest BCUT2D eigenvalue weighted by Crippen LogP contribution is -2.50. The van der Waals surface area contributed by atoms with Gasteiger partial charge in [-0.2, -0.15) is 0 Å². The first kappa shape index (κ1) is 11.1. The van der Waals surface area contributed by atoms with E-state index in [1.54, 1.807) is 20.2 Å². The third-order valence-electron chi connectivity index (χ3n) is 3.20. The van der Waals surface area contributed by atoms with Crippen LogP contribution in [-0.4, -0.2) is 33.2 Å². The summed E-state index contributed by atoms with van der Waals surface area (Å²) in [6.07, 6.45) is 5.93. The van der Waals surface area contributed by atoms with Crippen LogP contribution in [-0.2, 0) is 11.3 Å². The van der Waals surface area contributed by atoms with Crippen molar-refractivity contribution in [2.75, 3.05) is 7.05 Å². The molecule has 0 aromatic carbocycles. The molecule has 0 saturated heterocycles. The number of hydrogen-bond acceptors (Lipinski definition) is 3. The molecule has 1 heterocycles. The van der Waals surface area contributed by atoms with E-state index in [0.29, 0.717) is 12.5 Å². The highest BCUT2D eigenvalue weighted by molar-refractivity contribution is 5.78. The van der Waals surface area contributed by atoms with E-state index in [1.807, 2.05) is 10.8 Å². The Morgan fingerprint density at radius 2 is 2.44 bits per heavy atom. The quantitative estimate of drug-likeness (QED) is 0.775. The fourth-order valence-corrected chi connectivity index (χ4v) is 1.75. The summed E-state index contributed by atoms with van der Waals surface area (Å²) in [5.41, 5.74) is -0.940. The molecule has 2 N–H and O–H groups in total. The summed E-state index contributed by atoms with van der Waals surface area (Å²) in [7, 11) is 1.67. The number of aromatic nitrogens is 2. The van der Waals surface area contributed by atoms with Gasteiger partial charge in [0.05, 0.1) is 6.54 Å². The number of hydrogen-bond donors (Lipinski definition) is 2. The average molecular weight is 223 g/mol. The number of nitrogens with one attached hydrogen (secondary N) is 1. The van der Waals surface area contributed by atoms with E-state index in [1.165, 1.54) is 12.8 Å². The molecule has 2 rings (SSSR count). The lowest BCUT2D eigenvalue weighted by Gasteiger charge is -2.25. The minimum atomic E-state index is -0.940. The van der Waals surface area contributed by atoms with Crippen molar-refractivity contribution in [3.63, 3.8) is 0 Å². The summed E-state index contributed by atoms with van der Waals surface area (Å²) in [6, 6.07) is 0. The first-order chi connectivity index (χ1) is 7.57. The number of carbonyl (C=O) groups is 1. The molecule has 1 saturated carbocycles. The number of likely N-dealkylation sites (N-methyl/N-ethyl adjacent to an activating group) is 1. The van der Waals surface area contributed by atoms with Crippen molar-refractivity contribution >= 4 is 5.97 Å². The van der Waals surface area contributed by atoms with Crippen molar-refractivity contribution in [1.82, 2.24) is 14.9 Å². The van der Waals surface area contributed by atoms with Gasteiger partial charge < -0.3 is 15.0 Å². The zero-order valence-corrected chi connectivity index (χ0v) is 9.60. The van der Waals surface area contributed by atoms with Crippen LogP contribution in [0.3, 0.4) is 0 Å². The predicted octanol–water partition coefficient (Wildman–Crippen LogP) is 0.823. The van der Waals surface area contributed by atoms with Gasteiger partial charge in [0.15, 0.2) is 0 Å². The van der Waals surface area contributed by atoms with Gasteiger partial charge in [-0.05, 0) is 26.8 Å². The molecule has 1 fully saturated rings. The molecule has 0 radical (unpaired) electrons. The SMILES string of the molecule is CNC(C)(Cn1ccnc1C1CC1)C(=O)O. The van der Waals surface area contributed by atoms with E-state index >= 15 is 0 Å². The molecule has 1 aromatic heterocycles. The second-order valence-corrected chi connectivity index (χ2v) is 4.57. The molecular weight excluding hydrogens is 206 g/mol. The molecular formula is C11H17N3O2. The van der Waals surface area contributed by atoms with Gasteiger partial charge in [-0.25, -0.2) is 4.98 Å². The van der Waals surface area contributed by atoms with Crippen LogP contribution in [0.15, 0.2) is 12.4 Å². The zero-order chi connectivity index (χ0) is 11.8. The molecule has 1 aliphatic rings. The lowest BCUT2D eigenvalue weighted by molar-refractivity contribution is -0.144. The van der Waals surface area contributed by atoms with Crippen LogP contribution in [0, 0.1) is 0 Å². The second-order valence-electron chi connectivity index (χ2n) is 4.57.